The first-order chi connectivity index (χ1) is 7.83. The van der Waals surface area contributed by atoms with Crippen molar-refractivity contribution in [1.82, 2.24) is 15.2 Å². The summed E-state index contributed by atoms with van der Waals surface area (Å²) in [6, 6.07) is 3.66. The largest absolute Gasteiger partial charge is 0.461 e. The van der Waals surface area contributed by atoms with E-state index in [1.165, 1.54) is 0 Å². The van der Waals surface area contributed by atoms with E-state index in [1.807, 2.05) is 6.07 Å². The zero-order chi connectivity index (χ0) is 11.4. The molecule has 2 aromatic rings. The Bertz CT molecular complexity index is 479. The van der Waals surface area contributed by atoms with Gasteiger partial charge in [-0.25, -0.2) is 4.79 Å². The lowest BCUT2D eigenvalue weighted by atomic mass is 10.1. The van der Waals surface area contributed by atoms with Gasteiger partial charge in [0, 0.05) is 23.5 Å². The number of rotatable bonds is 3. The summed E-state index contributed by atoms with van der Waals surface area (Å²) in [7, 11) is 0. The maximum Gasteiger partial charge on any atom is 0.356 e. The van der Waals surface area contributed by atoms with Gasteiger partial charge in [-0.3, -0.25) is 10.1 Å². The molecule has 2 heterocycles. The molecule has 0 saturated carbocycles. The number of ether oxygens (including phenoxy) is 1. The molecular formula is C11H11N3O2. The molecule has 0 aliphatic carbocycles. The van der Waals surface area contributed by atoms with Gasteiger partial charge in [-0.15, -0.1) is 0 Å². The van der Waals surface area contributed by atoms with Crippen LogP contribution in [0.1, 0.15) is 17.4 Å². The van der Waals surface area contributed by atoms with Crippen molar-refractivity contribution in [2.75, 3.05) is 6.61 Å². The molecule has 0 unspecified atom stereocenters. The summed E-state index contributed by atoms with van der Waals surface area (Å²) >= 11 is 0. The highest BCUT2D eigenvalue weighted by molar-refractivity contribution is 5.94. The third kappa shape index (κ3) is 1.93. The van der Waals surface area contributed by atoms with E-state index in [2.05, 4.69) is 15.2 Å². The first-order valence-electron chi connectivity index (χ1n) is 4.93. The van der Waals surface area contributed by atoms with Crippen LogP contribution in [0.15, 0.2) is 30.7 Å². The fourth-order valence-corrected chi connectivity index (χ4v) is 1.39. The normalized spacial score (nSPS) is 10.1. The van der Waals surface area contributed by atoms with Crippen molar-refractivity contribution in [3.05, 3.63) is 36.4 Å². The second-order valence-corrected chi connectivity index (χ2v) is 3.12. The van der Waals surface area contributed by atoms with Crippen molar-refractivity contribution in [3.63, 3.8) is 0 Å². The van der Waals surface area contributed by atoms with E-state index in [0.29, 0.717) is 17.9 Å². The fourth-order valence-electron chi connectivity index (χ4n) is 1.39. The van der Waals surface area contributed by atoms with Crippen LogP contribution in [0.2, 0.25) is 0 Å². The minimum atomic E-state index is -0.404. The van der Waals surface area contributed by atoms with Crippen LogP contribution >= 0.6 is 0 Å². The zero-order valence-electron chi connectivity index (χ0n) is 8.80. The molecule has 0 bridgehead atoms. The number of carbonyl (C=O) groups excluding carboxylic acids is 1. The van der Waals surface area contributed by atoms with E-state index in [9.17, 15) is 4.79 Å². The molecule has 5 heteroatoms. The van der Waals surface area contributed by atoms with Crippen LogP contribution in [0.3, 0.4) is 0 Å². The number of pyridine rings is 1. The maximum atomic E-state index is 11.6. The molecule has 0 spiro atoms. The molecule has 2 aromatic heterocycles. The highest BCUT2D eigenvalue weighted by atomic mass is 16.5. The third-order valence-corrected chi connectivity index (χ3v) is 2.09. The zero-order valence-corrected chi connectivity index (χ0v) is 8.80. The van der Waals surface area contributed by atoms with Gasteiger partial charge in [0.2, 0.25) is 0 Å². The van der Waals surface area contributed by atoms with E-state index >= 15 is 0 Å². The summed E-state index contributed by atoms with van der Waals surface area (Å²) in [6.45, 7) is 2.10. The summed E-state index contributed by atoms with van der Waals surface area (Å²) in [4.78, 5) is 15.6. The molecular weight excluding hydrogens is 206 g/mol. The smallest absolute Gasteiger partial charge is 0.356 e. The lowest BCUT2D eigenvalue weighted by molar-refractivity contribution is 0.0520. The second-order valence-electron chi connectivity index (χ2n) is 3.12. The summed E-state index contributed by atoms with van der Waals surface area (Å²) in [5, 5.41) is 6.48. The minimum absolute atomic E-state index is 0.338. The Kier molecular flexibility index (Phi) is 2.95. The number of aromatic amines is 1. The van der Waals surface area contributed by atoms with E-state index in [-0.39, 0.29) is 0 Å². The Morgan fingerprint density at radius 3 is 3.06 bits per heavy atom. The molecule has 16 heavy (non-hydrogen) atoms. The average Bonchev–Trinajstić information content (AvgIpc) is 2.79. The molecule has 1 N–H and O–H groups in total. The van der Waals surface area contributed by atoms with E-state index in [0.717, 1.165) is 5.56 Å². The van der Waals surface area contributed by atoms with Crippen molar-refractivity contribution in [2.45, 2.75) is 6.92 Å². The Balaban J connectivity index is 2.37. The lowest BCUT2D eigenvalue weighted by Gasteiger charge is -2.02. The number of hydrogen-bond donors (Lipinski definition) is 1. The van der Waals surface area contributed by atoms with Gasteiger partial charge in [-0.2, -0.15) is 5.10 Å². The van der Waals surface area contributed by atoms with Crippen LogP contribution < -0.4 is 0 Å². The number of aromatic nitrogens is 3. The number of hydrogen-bond acceptors (Lipinski definition) is 4. The van der Waals surface area contributed by atoms with Crippen molar-refractivity contribution in [2.24, 2.45) is 0 Å². The highest BCUT2D eigenvalue weighted by Crippen LogP contribution is 2.21. The van der Waals surface area contributed by atoms with Crippen LogP contribution in [-0.4, -0.2) is 27.8 Å². The van der Waals surface area contributed by atoms with Gasteiger partial charge in [-0.05, 0) is 13.0 Å². The van der Waals surface area contributed by atoms with Gasteiger partial charge >= 0.3 is 5.97 Å². The van der Waals surface area contributed by atoms with Crippen molar-refractivity contribution < 1.29 is 9.53 Å². The summed E-state index contributed by atoms with van der Waals surface area (Å²) in [5.41, 5.74) is 1.89. The number of carbonyl (C=O) groups is 1. The van der Waals surface area contributed by atoms with E-state index in [1.54, 1.807) is 31.6 Å². The van der Waals surface area contributed by atoms with Crippen LogP contribution in [0, 0.1) is 0 Å². The topological polar surface area (TPSA) is 67.9 Å². The fraction of sp³-hybridized carbons (Fsp3) is 0.182. The van der Waals surface area contributed by atoms with Gasteiger partial charge in [0.1, 0.15) is 0 Å². The number of esters is 1. The SMILES string of the molecule is CCOC(=O)c1[nH]ncc1-c1cccnc1. The predicted molar refractivity (Wildman–Crippen MR) is 57.8 cm³/mol. The number of H-pyrrole nitrogens is 1. The Morgan fingerprint density at radius 2 is 2.38 bits per heavy atom. The molecule has 82 valence electrons. The molecule has 2 rings (SSSR count). The van der Waals surface area contributed by atoms with Crippen LogP contribution in [-0.2, 0) is 4.74 Å². The number of nitrogens with one attached hydrogen (secondary N) is 1. The molecule has 0 aliphatic rings. The molecule has 5 nitrogen and oxygen atoms in total. The standard InChI is InChI=1S/C11H11N3O2/c1-2-16-11(15)10-9(7-13-14-10)8-4-3-5-12-6-8/h3-7H,2H2,1H3,(H,13,14). The Labute approximate surface area is 92.5 Å². The van der Waals surface area contributed by atoms with Crippen molar-refractivity contribution in [1.29, 1.82) is 0 Å². The summed E-state index contributed by atoms with van der Waals surface area (Å²) < 4.78 is 4.92. The molecule has 0 saturated heterocycles. The van der Waals surface area contributed by atoms with E-state index < -0.39 is 5.97 Å². The molecule has 0 atom stereocenters. The van der Waals surface area contributed by atoms with Gasteiger partial charge < -0.3 is 4.74 Å². The number of nitrogens with zero attached hydrogens (tertiary/aromatic N) is 2. The quantitative estimate of drug-likeness (QED) is 0.794. The molecule has 0 aliphatic heterocycles. The molecule has 0 radical (unpaired) electrons. The van der Waals surface area contributed by atoms with Crippen molar-refractivity contribution >= 4 is 5.97 Å². The van der Waals surface area contributed by atoms with E-state index in [4.69, 9.17) is 4.74 Å². The maximum absolute atomic E-state index is 11.6. The van der Waals surface area contributed by atoms with Gasteiger partial charge in [0.25, 0.3) is 0 Å². The highest BCUT2D eigenvalue weighted by Gasteiger charge is 2.15. The summed E-state index contributed by atoms with van der Waals surface area (Å²) in [5.74, 6) is -0.404. The molecule has 0 fully saturated rings. The van der Waals surface area contributed by atoms with Gasteiger partial charge in [0.05, 0.1) is 12.8 Å². The molecule has 0 amide bonds. The monoisotopic (exact) mass is 217 g/mol. The van der Waals surface area contributed by atoms with Gasteiger partial charge in [-0.1, -0.05) is 6.07 Å². The first-order valence-corrected chi connectivity index (χ1v) is 4.93. The van der Waals surface area contributed by atoms with Crippen LogP contribution in [0.25, 0.3) is 11.1 Å². The third-order valence-electron chi connectivity index (χ3n) is 2.09. The average molecular weight is 217 g/mol. The predicted octanol–water partition coefficient (Wildman–Crippen LogP) is 1.65. The Hall–Kier alpha value is -2.17. The van der Waals surface area contributed by atoms with Crippen LogP contribution in [0.4, 0.5) is 0 Å². The lowest BCUT2D eigenvalue weighted by Crippen LogP contribution is -2.06. The van der Waals surface area contributed by atoms with Crippen LogP contribution in [0.5, 0.6) is 0 Å². The Morgan fingerprint density at radius 1 is 1.50 bits per heavy atom. The van der Waals surface area contributed by atoms with Gasteiger partial charge in [0.15, 0.2) is 5.69 Å². The minimum Gasteiger partial charge on any atom is -0.461 e. The second kappa shape index (κ2) is 4.57. The van der Waals surface area contributed by atoms with Crippen molar-refractivity contribution in [3.8, 4) is 11.1 Å². The summed E-state index contributed by atoms with van der Waals surface area (Å²) in [6.07, 6.45) is 4.93. The first kappa shape index (κ1) is 10.4. The molecule has 0 aromatic carbocycles.